The van der Waals surface area contributed by atoms with Crippen molar-refractivity contribution in [2.75, 3.05) is 7.05 Å². The molecule has 0 radical (unpaired) electrons. The van der Waals surface area contributed by atoms with E-state index in [-0.39, 0.29) is 23.1 Å². The van der Waals surface area contributed by atoms with Gasteiger partial charge in [0.25, 0.3) is 5.91 Å². The molecule has 0 aliphatic heterocycles. The first-order valence-electron chi connectivity index (χ1n) is 8.59. The van der Waals surface area contributed by atoms with E-state index in [2.05, 4.69) is 4.98 Å². The summed E-state index contributed by atoms with van der Waals surface area (Å²) in [6.45, 7) is 5.84. The zero-order chi connectivity index (χ0) is 18.8. The van der Waals surface area contributed by atoms with Crippen LogP contribution in [0.15, 0.2) is 51.8 Å². The van der Waals surface area contributed by atoms with Gasteiger partial charge in [-0.25, -0.2) is 0 Å². The molecule has 0 N–H and O–H groups in total. The molecule has 1 amide bonds. The van der Waals surface area contributed by atoms with E-state index in [4.69, 9.17) is 4.42 Å². The van der Waals surface area contributed by atoms with Crippen LogP contribution in [0.4, 0.5) is 0 Å². The number of aryl methyl sites for hydroxylation is 2. The van der Waals surface area contributed by atoms with E-state index >= 15 is 0 Å². The molecule has 2 aromatic heterocycles. The Morgan fingerprint density at radius 1 is 1.19 bits per heavy atom. The molecule has 5 nitrogen and oxygen atoms in total. The number of carbonyl (C=O) groups is 1. The van der Waals surface area contributed by atoms with Crippen LogP contribution in [0.25, 0.3) is 11.0 Å². The second-order valence-electron chi connectivity index (χ2n) is 6.70. The van der Waals surface area contributed by atoms with Crippen LogP contribution < -0.4 is 5.43 Å². The predicted molar refractivity (Wildman–Crippen MR) is 101 cm³/mol. The van der Waals surface area contributed by atoms with E-state index < -0.39 is 0 Å². The third-order valence-corrected chi connectivity index (χ3v) is 4.77. The van der Waals surface area contributed by atoms with Crippen molar-refractivity contribution in [2.24, 2.45) is 0 Å². The van der Waals surface area contributed by atoms with Crippen LogP contribution in [-0.2, 0) is 6.42 Å². The third kappa shape index (κ3) is 3.52. The lowest BCUT2D eigenvalue weighted by Gasteiger charge is -2.24. The van der Waals surface area contributed by atoms with Gasteiger partial charge < -0.3 is 9.32 Å². The number of carbonyl (C=O) groups excluding carboxylic acids is 1. The van der Waals surface area contributed by atoms with Gasteiger partial charge in [0.15, 0.2) is 11.2 Å². The fraction of sp³-hybridized carbons (Fsp3) is 0.286. The van der Waals surface area contributed by atoms with Gasteiger partial charge in [0.1, 0.15) is 5.58 Å². The number of likely N-dealkylation sites (N-methyl/N-ethyl adjacent to an activating group) is 1. The maximum atomic E-state index is 12.8. The Morgan fingerprint density at radius 3 is 2.62 bits per heavy atom. The molecular weight excluding hydrogens is 328 g/mol. The van der Waals surface area contributed by atoms with Crippen LogP contribution in [-0.4, -0.2) is 28.9 Å². The number of aromatic nitrogens is 1. The van der Waals surface area contributed by atoms with Crippen LogP contribution in [0, 0.1) is 13.8 Å². The molecule has 0 spiro atoms. The molecule has 3 rings (SSSR count). The highest BCUT2D eigenvalue weighted by atomic mass is 16.3. The first-order valence-corrected chi connectivity index (χ1v) is 8.59. The van der Waals surface area contributed by atoms with Crippen molar-refractivity contribution in [1.82, 2.24) is 9.88 Å². The van der Waals surface area contributed by atoms with Gasteiger partial charge in [-0.2, -0.15) is 0 Å². The zero-order valence-corrected chi connectivity index (χ0v) is 15.4. The lowest BCUT2D eigenvalue weighted by molar-refractivity contribution is 0.0711. The molecule has 0 unspecified atom stereocenters. The van der Waals surface area contributed by atoms with E-state index in [1.54, 1.807) is 30.3 Å². The number of pyridine rings is 1. The first-order chi connectivity index (χ1) is 12.4. The Bertz CT molecular complexity index is 1010. The molecule has 5 heteroatoms. The fourth-order valence-corrected chi connectivity index (χ4v) is 2.85. The monoisotopic (exact) mass is 350 g/mol. The number of benzene rings is 1. The van der Waals surface area contributed by atoms with Crippen molar-refractivity contribution in [2.45, 2.75) is 33.2 Å². The highest BCUT2D eigenvalue weighted by molar-refractivity contribution is 5.93. The average Bonchev–Trinajstić information content (AvgIpc) is 2.62. The fourth-order valence-electron chi connectivity index (χ4n) is 2.85. The van der Waals surface area contributed by atoms with E-state index in [0.29, 0.717) is 17.4 Å². The lowest BCUT2D eigenvalue weighted by atomic mass is 10.1. The molecule has 134 valence electrons. The number of fused-ring (bicyclic) bond motifs is 1. The largest absolute Gasteiger partial charge is 0.451 e. The normalized spacial score (nSPS) is 12.2. The van der Waals surface area contributed by atoms with Gasteiger partial charge in [-0.1, -0.05) is 6.07 Å². The van der Waals surface area contributed by atoms with Gasteiger partial charge in [-0.15, -0.1) is 0 Å². The van der Waals surface area contributed by atoms with Crippen LogP contribution in [0.3, 0.4) is 0 Å². The van der Waals surface area contributed by atoms with Crippen molar-refractivity contribution >= 4 is 16.9 Å². The summed E-state index contributed by atoms with van der Waals surface area (Å²) in [6, 6.07) is 10.5. The SMILES string of the molecule is Cc1cc2oc(C(=O)N(C)[C@@H](C)Cc3ccccn3)cc(=O)c2cc1C. The first kappa shape index (κ1) is 17.9. The quantitative estimate of drug-likeness (QED) is 0.722. The van der Waals surface area contributed by atoms with Gasteiger partial charge in [0.05, 0.1) is 5.39 Å². The minimum Gasteiger partial charge on any atom is -0.451 e. The van der Waals surface area contributed by atoms with Gasteiger partial charge in [-0.05, 0) is 56.2 Å². The van der Waals surface area contributed by atoms with E-state index in [0.717, 1.165) is 16.8 Å². The molecule has 0 saturated heterocycles. The minimum atomic E-state index is -0.314. The summed E-state index contributed by atoms with van der Waals surface area (Å²) in [4.78, 5) is 31.1. The summed E-state index contributed by atoms with van der Waals surface area (Å²) in [5, 5.41) is 0.494. The molecule has 26 heavy (non-hydrogen) atoms. The third-order valence-electron chi connectivity index (χ3n) is 4.77. The maximum Gasteiger partial charge on any atom is 0.289 e. The summed E-state index contributed by atoms with van der Waals surface area (Å²) in [7, 11) is 1.71. The van der Waals surface area contributed by atoms with Crippen LogP contribution in [0.2, 0.25) is 0 Å². The molecule has 3 aromatic rings. The number of nitrogens with zero attached hydrogens (tertiary/aromatic N) is 2. The molecular formula is C21H22N2O3. The minimum absolute atomic E-state index is 0.0566. The average molecular weight is 350 g/mol. The van der Waals surface area contributed by atoms with Gasteiger partial charge in [0.2, 0.25) is 0 Å². The molecule has 0 aliphatic rings. The highest BCUT2D eigenvalue weighted by Gasteiger charge is 2.21. The lowest BCUT2D eigenvalue weighted by Crippen LogP contribution is -2.37. The predicted octanol–water partition coefficient (Wildman–Crippen LogP) is 3.51. The van der Waals surface area contributed by atoms with E-state index in [1.165, 1.54) is 6.07 Å². The molecule has 1 aromatic carbocycles. The van der Waals surface area contributed by atoms with Gasteiger partial charge >= 0.3 is 0 Å². The van der Waals surface area contributed by atoms with Crippen molar-refractivity contribution in [3.05, 3.63) is 75.4 Å². The summed E-state index contributed by atoms with van der Waals surface area (Å²) in [5.74, 6) is -0.258. The molecule has 0 bridgehead atoms. The number of amides is 1. The Balaban J connectivity index is 1.89. The second kappa shape index (κ2) is 7.12. The Morgan fingerprint density at radius 2 is 1.92 bits per heavy atom. The Kier molecular flexibility index (Phi) is 4.89. The highest BCUT2D eigenvalue weighted by Crippen LogP contribution is 2.19. The smallest absolute Gasteiger partial charge is 0.289 e. The number of hydrogen-bond acceptors (Lipinski definition) is 4. The Hall–Kier alpha value is -2.95. The topological polar surface area (TPSA) is 63.4 Å². The number of rotatable bonds is 4. The van der Waals surface area contributed by atoms with E-state index in [9.17, 15) is 9.59 Å². The number of hydrogen-bond donors (Lipinski definition) is 0. The van der Waals surface area contributed by atoms with Gasteiger partial charge in [-0.3, -0.25) is 14.6 Å². The van der Waals surface area contributed by atoms with Crippen molar-refractivity contribution in [3.63, 3.8) is 0 Å². The molecule has 2 heterocycles. The molecule has 0 aliphatic carbocycles. The molecule has 0 fully saturated rings. The van der Waals surface area contributed by atoms with Crippen LogP contribution in [0.5, 0.6) is 0 Å². The van der Waals surface area contributed by atoms with Crippen molar-refractivity contribution in [1.29, 1.82) is 0 Å². The van der Waals surface area contributed by atoms with Crippen molar-refractivity contribution in [3.8, 4) is 0 Å². The van der Waals surface area contributed by atoms with Crippen molar-refractivity contribution < 1.29 is 9.21 Å². The standard InChI is InChI=1S/C21H22N2O3/c1-13-9-17-18(24)12-20(26-19(17)10-14(13)2)21(25)23(4)15(3)11-16-7-5-6-8-22-16/h5-10,12,15H,11H2,1-4H3/t15-/m0/s1. The summed E-state index contributed by atoms with van der Waals surface area (Å²) < 4.78 is 5.75. The Labute approximate surface area is 152 Å². The summed E-state index contributed by atoms with van der Waals surface area (Å²) in [6.07, 6.45) is 2.36. The second-order valence-corrected chi connectivity index (χ2v) is 6.70. The van der Waals surface area contributed by atoms with Crippen LogP contribution in [0.1, 0.15) is 34.3 Å². The van der Waals surface area contributed by atoms with Gasteiger partial charge in [0, 0.05) is 37.5 Å². The molecule has 0 saturated carbocycles. The van der Waals surface area contributed by atoms with E-state index in [1.807, 2.05) is 39.0 Å². The summed E-state index contributed by atoms with van der Waals surface area (Å²) >= 11 is 0. The summed E-state index contributed by atoms with van der Waals surface area (Å²) in [5.41, 5.74) is 3.18. The van der Waals surface area contributed by atoms with Crippen LogP contribution >= 0.6 is 0 Å². The maximum absolute atomic E-state index is 12.8. The molecule has 1 atom stereocenters. The zero-order valence-electron chi connectivity index (χ0n) is 15.4.